The van der Waals surface area contributed by atoms with E-state index in [1.54, 1.807) is 11.9 Å². The molecule has 6 nitrogen and oxygen atoms in total. The number of carbonyl (C=O) groups is 1. The fraction of sp³-hybridized carbons (Fsp3) is 0.333. The molecule has 1 amide bonds. The van der Waals surface area contributed by atoms with Gasteiger partial charge in [0.05, 0.1) is 23.2 Å². The summed E-state index contributed by atoms with van der Waals surface area (Å²) in [7, 11) is -1.37. The predicted molar refractivity (Wildman–Crippen MR) is 110 cm³/mol. The maximum absolute atomic E-state index is 13.1. The summed E-state index contributed by atoms with van der Waals surface area (Å²) in [5.74, 6) is -0.0149. The lowest BCUT2D eigenvalue weighted by Crippen LogP contribution is -2.41. The molecule has 0 unspecified atom stereocenters. The van der Waals surface area contributed by atoms with Crippen molar-refractivity contribution >= 4 is 27.1 Å². The summed E-state index contributed by atoms with van der Waals surface area (Å²) < 4.78 is 23.6. The van der Waals surface area contributed by atoms with Crippen molar-refractivity contribution in [2.24, 2.45) is 5.10 Å². The van der Waals surface area contributed by atoms with E-state index in [-0.39, 0.29) is 29.5 Å². The molecule has 7 heteroatoms. The van der Waals surface area contributed by atoms with Crippen LogP contribution in [0.2, 0.25) is 0 Å². The third-order valence-electron chi connectivity index (χ3n) is 5.44. The number of carbonyl (C=O) groups excluding carboxylic acids is 1. The second-order valence-electron chi connectivity index (χ2n) is 7.33. The minimum Gasteiger partial charge on any atom is -0.337 e. The lowest BCUT2D eigenvalue weighted by Gasteiger charge is -2.24. The molecule has 0 spiro atoms. The number of benzene rings is 2. The maximum Gasteiger partial charge on any atom is 0.270 e. The highest BCUT2D eigenvalue weighted by Crippen LogP contribution is 2.35. The molecule has 2 aromatic rings. The minimum absolute atomic E-state index is 0.0348. The molecule has 2 aliphatic rings. The van der Waals surface area contributed by atoms with E-state index in [0.29, 0.717) is 18.6 Å². The minimum atomic E-state index is -3.05. The zero-order chi connectivity index (χ0) is 19.7. The molecule has 146 valence electrons. The van der Waals surface area contributed by atoms with Crippen molar-refractivity contribution in [2.75, 3.05) is 23.6 Å². The fourth-order valence-corrected chi connectivity index (χ4v) is 5.62. The van der Waals surface area contributed by atoms with Crippen LogP contribution in [0, 0.1) is 0 Å². The Morgan fingerprint density at radius 2 is 1.71 bits per heavy atom. The average molecular weight is 398 g/mol. The molecule has 0 aliphatic carbocycles. The highest BCUT2D eigenvalue weighted by atomic mass is 32.2. The van der Waals surface area contributed by atoms with Gasteiger partial charge in [0, 0.05) is 19.5 Å². The first-order valence-corrected chi connectivity index (χ1v) is 11.2. The molecule has 0 bridgehead atoms. The van der Waals surface area contributed by atoms with E-state index in [4.69, 9.17) is 0 Å². The molecular weight excluding hydrogens is 374 g/mol. The summed E-state index contributed by atoms with van der Waals surface area (Å²) in [5, 5.41) is 6.54. The summed E-state index contributed by atoms with van der Waals surface area (Å²) in [6, 6.07) is 19.4. The van der Waals surface area contributed by atoms with Gasteiger partial charge in [-0.2, -0.15) is 5.10 Å². The molecule has 28 heavy (non-hydrogen) atoms. The molecule has 2 heterocycles. The molecule has 2 aromatic carbocycles. The van der Waals surface area contributed by atoms with Crippen LogP contribution >= 0.6 is 0 Å². The van der Waals surface area contributed by atoms with Gasteiger partial charge < -0.3 is 4.90 Å². The standard InChI is InChI=1S/C21H23N3O3S/c1-23(18-12-13-28(26,27)15-18)21(25)19-14-20(16-8-4-2-5-9-16)24(22-19)17-10-6-3-7-11-17/h2-11,18,20H,12-15H2,1H3/t18-,20-/m0/s1. The van der Waals surface area contributed by atoms with Crippen molar-refractivity contribution in [1.29, 1.82) is 0 Å². The number of rotatable bonds is 4. The summed E-state index contributed by atoms with van der Waals surface area (Å²) in [5.41, 5.74) is 2.47. The maximum atomic E-state index is 13.1. The van der Waals surface area contributed by atoms with Gasteiger partial charge in [-0.05, 0) is 24.1 Å². The zero-order valence-electron chi connectivity index (χ0n) is 15.7. The molecule has 1 fully saturated rings. The summed E-state index contributed by atoms with van der Waals surface area (Å²) in [6.07, 6.45) is 0.976. The van der Waals surface area contributed by atoms with Crippen molar-refractivity contribution in [1.82, 2.24) is 4.90 Å². The van der Waals surface area contributed by atoms with E-state index in [9.17, 15) is 13.2 Å². The first-order chi connectivity index (χ1) is 13.4. The van der Waals surface area contributed by atoms with Crippen LogP contribution in [0.5, 0.6) is 0 Å². The van der Waals surface area contributed by atoms with E-state index in [0.717, 1.165) is 11.3 Å². The Hall–Kier alpha value is -2.67. The van der Waals surface area contributed by atoms with Gasteiger partial charge >= 0.3 is 0 Å². The molecule has 4 rings (SSSR count). The molecule has 0 radical (unpaired) electrons. The number of anilines is 1. The monoisotopic (exact) mass is 397 g/mol. The predicted octanol–water partition coefficient (Wildman–Crippen LogP) is 2.64. The number of hydrogen-bond donors (Lipinski definition) is 0. The van der Waals surface area contributed by atoms with Gasteiger partial charge in [-0.3, -0.25) is 9.80 Å². The molecule has 0 aromatic heterocycles. The van der Waals surface area contributed by atoms with E-state index >= 15 is 0 Å². The highest BCUT2D eigenvalue weighted by Gasteiger charge is 2.38. The van der Waals surface area contributed by atoms with Gasteiger partial charge in [-0.25, -0.2) is 8.42 Å². The largest absolute Gasteiger partial charge is 0.337 e. The van der Waals surface area contributed by atoms with Gasteiger partial charge in [0.2, 0.25) is 0 Å². The average Bonchev–Trinajstić information content (AvgIpc) is 3.32. The summed E-state index contributed by atoms with van der Waals surface area (Å²) in [6.45, 7) is 0. The lowest BCUT2D eigenvalue weighted by atomic mass is 10.0. The van der Waals surface area contributed by atoms with Crippen molar-refractivity contribution in [3.63, 3.8) is 0 Å². The van der Waals surface area contributed by atoms with Gasteiger partial charge in [0.1, 0.15) is 5.71 Å². The number of amides is 1. The molecule has 1 saturated heterocycles. The first kappa shape index (κ1) is 18.7. The molecule has 0 saturated carbocycles. The van der Waals surface area contributed by atoms with E-state index < -0.39 is 9.84 Å². The summed E-state index contributed by atoms with van der Waals surface area (Å²) >= 11 is 0. The van der Waals surface area contributed by atoms with Crippen LogP contribution in [0.4, 0.5) is 5.69 Å². The normalized spacial score (nSPS) is 23.5. The smallest absolute Gasteiger partial charge is 0.270 e. The van der Waals surface area contributed by atoms with Gasteiger partial charge in [0.15, 0.2) is 9.84 Å². The Morgan fingerprint density at radius 1 is 1.07 bits per heavy atom. The molecule has 0 N–H and O–H groups in total. The van der Waals surface area contributed by atoms with E-state index in [1.165, 1.54) is 0 Å². The van der Waals surface area contributed by atoms with Crippen molar-refractivity contribution in [3.8, 4) is 0 Å². The Bertz CT molecular complexity index is 990. The van der Waals surface area contributed by atoms with Gasteiger partial charge in [-0.1, -0.05) is 48.5 Å². The molecule has 2 atom stereocenters. The van der Waals surface area contributed by atoms with E-state index in [1.807, 2.05) is 65.7 Å². The van der Waals surface area contributed by atoms with Gasteiger partial charge in [-0.15, -0.1) is 0 Å². The molecule has 2 aliphatic heterocycles. The number of sulfone groups is 1. The number of hydrogen-bond acceptors (Lipinski definition) is 5. The Kier molecular flexibility index (Phi) is 4.93. The van der Waals surface area contributed by atoms with Crippen LogP contribution in [-0.4, -0.2) is 49.5 Å². The lowest BCUT2D eigenvalue weighted by molar-refractivity contribution is -0.124. The number of nitrogens with zero attached hydrogens (tertiary/aromatic N) is 3. The zero-order valence-corrected chi connectivity index (χ0v) is 16.5. The quantitative estimate of drug-likeness (QED) is 0.795. The molecular formula is C21H23N3O3S. The van der Waals surface area contributed by atoms with Crippen molar-refractivity contribution in [2.45, 2.75) is 24.9 Å². The van der Waals surface area contributed by atoms with Crippen LogP contribution in [0.15, 0.2) is 65.8 Å². The number of para-hydroxylation sites is 1. The van der Waals surface area contributed by atoms with Crippen LogP contribution in [0.3, 0.4) is 0 Å². The van der Waals surface area contributed by atoms with Crippen LogP contribution in [-0.2, 0) is 14.6 Å². The Morgan fingerprint density at radius 3 is 2.32 bits per heavy atom. The highest BCUT2D eigenvalue weighted by molar-refractivity contribution is 7.91. The van der Waals surface area contributed by atoms with Crippen molar-refractivity contribution < 1.29 is 13.2 Å². The second-order valence-corrected chi connectivity index (χ2v) is 9.56. The first-order valence-electron chi connectivity index (χ1n) is 9.39. The topological polar surface area (TPSA) is 70.1 Å². The van der Waals surface area contributed by atoms with E-state index in [2.05, 4.69) is 5.10 Å². The van der Waals surface area contributed by atoms with Gasteiger partial charge in [0.25, 0.3) is 5.91 Å². The Labute approximate surface area is 165 Å². The number of hydrazone groups is 1. The third-order valence-corrected chi connectivity index (χ3v) is 7.19. The van der Waals surface area contributed by atoms with Crippen LogP contribution < -0.4 is 5.01 Å². The van der Waals surface area contributed by atoms with Crippen LogP contribution in [0.1, 0.15) is 24.4 Å². The van der Waals surface area contributed by atoms with Crippen molar-refractivity contribution in [3.05, 3.63) is 66.2 Å². The van der Waals surface area contributed by atoms with Crippen LogP contribution in [0.25, 0.3) is 0 Å². The second kappa shape index (κ2) is 7.39. The Balaban J connectivity index is 1.61. The summed E-state index contributed by atoms with van der Waals surface area (Å²) in [4.78, 5) is 14.6. The third kappa shape index (κ3) is 3.67. The fourth-order valence-electron chi connectivity index (χ4n) is 3.84. The SMILES string of the molecule is CN(C(=O)C1=NN(c2ccccc2)[C@H](c2ccccc2)C1)[C@H]1CCS(=O)(=O)C1.